The number of aliphatic hydroxyl groups excluding tert-OH is 2. The van der Waals surface area contributed by atoms with E-state index in [2.05, 4.69) is 0 Å². The lowest BCUT2D eigenvalue weighted by atomic mass is 9.98. The monoisotopic (exact) mass is 374 g/mol. The van der Waals surface area contributed by atoms with Gasteiger partial charge in [0.25, 0.3) is 0 Å². The lowest BCUT2D eigenvalue weighted by Crippen LogP contribution is -2.29. The SMILES string of the molecule is O[C@H]1COC2C1OC[C@H]2CCOCCOCC[C@@H]1COC2C1OC[C@@H]2O. The van der Waals surface area contributed by atoms with Crippen molar-refractivity contribution in [3.8, 4) is 0 Å². The number of hydrogen-bond donors (Lipinski definition) is 2. The highest BCUT2D eigenvalue weighted by atomic mass is 16.6. The summed E-state index contributed by atoms with van der Waals surface area (Å²) in [5.41, 5.74) is 0. The molecule has 4 rings (SSSR count). The van der Waals surface area contributed by atoms with Crippen LogP contribution in [0.4, 0.5) is 0 Å². The van der Waals surface area contributed by atoms with Gasteiger partial charge in [-0.2, -0.15) is 0 Å². The van der Waals surface area contributed by atoms with Gasteiger partial charge < -0.3 is 38.6 Å². The van der Waals surface area contributed by atoms with Crippen LogP contribution in [-0.4, -0.2) is 99.7 Å². The third-order valence-corrected chi connectivity index (χ3v) is 5.90. The first-order valence-corrected chi connectivity index (χ1v) is 9.72. The molecular formula is C18H30O8. The van der Waals surface area contributed by atoms with Gasteiger partial charge in [-0.15, -0.1) is 0 Å². The van der Waals surface area contributed by atoms with Crippen molar-refractivity contribution in [1.82, 2.24) is 0 Å². The molecule has 4 fully saturated rings. The molecule has 0 radical (unpaired) electrons. The van der Waals surface area contributed by atoms with Crippen LogP contribution in [0.5, 0.6) is 0 Å². The van der Waals surface area contributed by atoms with E-state index >= 15 is 0 Å². The molecule has 4 heterocycles. The fourth-order valence-corrected chi connectivity index (χ4v) is 4.40. The molecule has 4 aliphatic rings. The highest BCUT2D eigenvalue weighted by Crippen LogP contribution is 2.33. The van der Waals surface area contributed by atoms with Crippen LogP contribution in [0.3, 0.4) is 0 Å². The van der Waals surface area contributed by atoms with Crippen molar-refractivity contribution < 1.29 is 38.6 Å². The largest absolute Gasteiger partial charge is 0.388 e. The molecule has 8 heteroatoms. The maximum Gasteiger partial charge on any atom is 0.112 e. The maximum atomic E-state index is 9.73. The Morgan fingerprint density at radius 2 is 1.00 bits per heavy atom. The second kappa shape index (κ2) is 8.79. The second-order valence-electron chi connectivity index (χ2n) is 7.65. The van der Waals surface area contributed by atoms with Gasteiger partial charge in [-0.3, -0.25) is 0 Å². The van der Waals surface area contributed by atoms with E-state index < -0.39 is 12.2 Å². The van der Waals surface area contributed by atoms with E-state index in [9.17, 15) is 10.2 Å². The first kappa shape index (κ1) is 19.0. The van der Waals surface area contributed by atoms with Crippen LogP contribution < -0.4 is 0 Å². The van der Waals surface area contributed by atoms with Crippen LogP contribution in [0.15, 0.2) is 0 Å². The van der Waals surface area contributed by atoms with Crippen molar-refractivity contribution in [2.24, 2.45) is 11.8 Å². The summed E-state index contributed by atoms with van der Waals surface area (Å²) in [5, 5.41) is 19.5. The predicted molar refractivity (Wildman–Crippen MR) is 88.8 cm³/mol. The van der Waals surface area contributed by atoms with Crippen molar-refractivity contribution in [2.45, 2.75) is 49.5 Å². The first-order valence-electron chi connectivity index (χ1n) is 9.72. The Balaban J connectivity index is 1.01. The lowest BCUT2D eigenvalue weighted by Gasteiger charge is -2.16. The first-order chi connectivity index (χ1) is 12.7. The molecule has 0 aromatic heterocycles. The predicted octanol–water partition coefficient (Wildman–Crippen LogP) is -0.651. The van der Waals surface area contributed by atoms with E-state index in [0.29, 0.717) is 64.7 Å². The molecule has 4 saturated heterocycles. The fourth-order valence-electron chi connectivity index (χ4n) is 4.40. The zero-order chi connectivity index (χ0) is 17.9. The molecule has 0 saturated carbocycles. The zero-order valence-electron chi connectivity index (χ0n) is 15.0. The van der Waals surface area contributed by atoms with Crippen molar-refractivity contribution in [1.29, 1.82) is 0 Å². The summed E-state index contributed by atoms with van der Waals surface area (Å²) in [7, 11) is 0. The minimum Gasteiger partial charge on any atom is -0.388 e. The summed E-state index contributed by atoms with van der Waals surface area (Å²) in [6, 6.07) is 0. The highest BCUT2D eigenvalue weighted by molar-refractivity contribution is 4.94. The van der Waals surface area contributed by atoms with Gasteiger partial charge in [-0.05, 0) is 12.8 Å². The Hall–Kier alpha value is -0.320. The van der Waals surface area contributed by atoms with E-state index in [1.807, 2.05) is 0 Å². The van der Waals surface area contributed by atoms with Crippen molar-refractivity contribution in [3.05, 3.63) is 0 Å². The van der Waals surface area contributed by atoms with Crippen molar-refractivity contribution in [3.63, 3.8) is 0 Å². The van der Waals surface area contributed by atoms with Gasteiger partial charge >= 0.3 is 0 Å². The normalized spacial score (nSPS) is 44.5. The molecule has 0 aliphatic carbocycles. The summed E-state index contributed by atoms with van der Waals surface area (Å²) < 4.78 is 33.7. The number of rotatable bonds is 9. The van der Waals surface area contributed by atoms with E-state index in [4.69, 9.17) is 28.4 Å². The van der Waals surface area contributed by atoms with Crippen LogP contribution >= 0.6 is 0 Å². The number of hydrogen-bond acceptors (Lipinski definition) is 8. The molecular weight excluding hydrogens is 344 g/mol. The topological polar surface area (TPSA) is 95.8 Å². The third-order valence-electron chi connectivity index (χ3n) is 5.90. The number of fused-ring (bicyclic) bond motifs is 2. The van der Waals surface area contributed by atoms with Crippen molar-refractivity contribution >= 4 is 0 Å². The van der Waals surface area contributed by atoms with Gasteiger partial charge in [0.2, 0.25) is 0 Å². The fraction of sp³-hybridized carbons (Fsp3) is 1.00. The van der Waals surface area contributed by atoms with E-state index in [-0.39, 0.29) is 24.4 Å². The van der Waals surface area contributed by atoms with Crippen LogP contribution in [0, 0.1) is 11.8 Å². The average Bonchev–Trinajstić information content (AvgIpc) is 3.37. The van der Waals surface area contributed by atoms with E-state index in [1.54, 1.807) is 0 Å². The van der Waals surface area contributed by atoms with Crippen LogP contribution in [-0.2, 0) is 28.4 Å². The zero-order valence-corrected chi connectivity index (χ0v) is 15.0. The third kappa shape index (κ3) is 4.07. The summed E-state index contributed by atoms with van der Waals surface area (Å²) in [6.45, 7) is 4.43. The lowest BCUT2D eigenvalue weighted by molar-refractivity contribution is 0.00823. The quantitative estimate of drug-likeness (QED) is 0.514. The number of ether oxygens (including phenoxy) is 6. The summed E-state index contributed by atoms with van der Waals surface area (Å²) in [5.74, 6) is 0.602. The molecule has 8 atom stereocenters. The second-order valence-corrected chi connectivity index (χ2v) is 7.65. The molecule has 4 aliphatic heterocycles. The summed E-state index contributed by atoms with van der Waals surface area (Å²) in [6.07, 6.45) is 0.471. The van der Waals surface area contributed by atoms with Crippen LogP contribution in [0.1, 0.15) is 12.8 Å². The molecule has 26 heavy (non-hydrogen) atoms. The van der Waals surface area contributed by atoms with E-state index in [1.165, 1.54) is 0 Å². The molecule has 2 N–H and O–H groups in total. The minimum absolute atomic E-state index is 0.0126. The molecule has 150 valence electrons. The minimum atomic E-state index is -0.488. The Labute approximate surface area is 153 Å². The summed E-state index contributed by atoms with van der Waals surface area (Å²) >= 11 is 0. The molecule has 0 aromatic carbocycles. The molecule has 0 spiro atoms. The number of aliphatic hydroxyl groups is 2. The van der Waals surface area contributed by atoms with Crippen molar-refractivity contribution in [2.75, 3.05) is 52.9 Å². The molecule has 8 nitrogen and oxygen atoms in total. The Morgan fingerprint density at radius 1 is 0.577 bits per heavy atom. The van der Waals surface area contributed by atoms with Crippen LogP contribution in [0.2, 0.25) is 0 Å². The van der Waals surface area contributed by atoms with Gasteiger partial charge in [-0.1, -0.05) is 0 Å². The van der Waals surface area contributed by atoms with Gasteiger partial charge in [-0.25, -0.2) is 0 Å². The molecule has 4 unspecified atom stereocenters. The molecule has 0 aromatic rings. The molecule has 0 bridgehead atoms. The van der Waals surface area contributed by atoms with Crippen LogP contribution in [0.25, 0.3) is 0 Å². The highest BCUT2D eigenvalue weighted by Gasteiger charge is 2.47. The smallest absolute Gasteiger partial charge is 0.112 e. The van der Waals surface area contributed by atoms with Gasteiger partial charge in [0.05, 0.1) is 51.8 Å². The van der Waals surface area contributed by atoms with Gasteiger partial charge in [0.1, 0.15) is 24.4 Å². The summed E-state index contributed by atoms with van der Waals surface area (Å²) in [4.78, 5) is 0. The Bertz CT molecular complexity index is 409. The van der Waals surface area contributed by atoms with E-state index in [0.717, 1.165) is 12.8 Å². The molecule has 0 amide bonds. The Morgan fingerprint density at radius 3 is 1.46 bits per heavy atom. The van der Waals surface area contributed by atoms with Gasteiger partial charge in [0, 0.05) is 25.0 Å². The standard InChI is InChI=1S/C18H30O8/c19-13-9-25-15-11(7-23-17(13)15)1-3-21-5-6-22-4-2-12-8-24-18-14(20)10-26-16(12)18/h11-20H,1-10H2/t11-,12-,13+,14+,15?,16?,17?,18?/m1/s1. The Kier molecular flexibility index (Phi) is 6.43. The van der Waals surface area contributed by atoms with Gasteiger partial charge in [0.15, 0.2) is 0 Å². The maximum absolute atomic E-state index is 9.73. The average molecular weight is 374 g/mol.